The Balaban J connectivity index is 1.48. The quantitative estimate of drug-likeness (QED) is 0.159. The number of ether oxygens (including phenoxy) is 4. The van der Waals surface area contributed by atoms with E-state index in [9.17, 15) is 50.8 Å². The first-order valence-corrected chi connectivity index (χ1v) is 12.9. The lowest BCUT2D eigenvalue weighted by atomic mass is 9.97. The fourth-order valence-electron chi connectivity index (χ4n) is 4.89. The minimum Gasteiger partial charge on any atom is -0.508 e. The summed E-state index contributed by atoms with van der Waals surface area (Å²) in [5.41, 5.74) is -0.956. The highest BCUT2D eigenvalue weighted by molar-refractivity contribution is 5.88. The lowest BCUT2D eigenvalue weighted by Gasteiger charge is -2.45. The minimum atomic E-state index is -1.94. The van der Waals surface area contributed by atoms with E-state index < -0.39 is 90.7 Å². The van der Waals surface area contributed by atoms with Crippen molar-refractivity contribution in [3.63, 3.8) is 0 Å². The molecule has 1 aromatic heterocycles. The zero-order valence-corrected chi connectivity index (χ0v) is 21.9. The van der Waals surface area contributed by atoms with E-state index in [-0.39, 0.29) is 28.0 Å². The van der Waals surface area contributed by atoms with Gasteiger partial charge in [-0.15, -0.1) is 0 Å². The summed E-state index contributed by atoms with van der Waals surface area (Å²) < 4.78 is 28.1. The first-order chi connectivity index (χ1) is 19.9. The topological polar surface area (TPSA) is 249 Å². The molecule has 0 spiro atoms. The second kappa shape index (κ2) is 11.6. The zero-order valence-electron chi connectivity index (χ0n) is 21.9. The number of phenolic OH excluding ortho intramolecular Hbond substituents is 3. The highest BCUT2D eigenvalue weighted by atomic mass is 16.7. The van der Waals surface area contributed by atoms with Crippen molar-refractivity contribution >= 4 is 11.0 Å². The standard InChI is InChI=1S/C27H30O15/c1-9-17(32)19(34)21(36)26(38-9)41-24-15(8-28)40-27(22(37)20(24)35)42-25-18(33)16-13(31)6-12(30)7-14(16)39-23(25)10-2-4-11(29)5-3-10/h2-7,9,15,17,19-22,24,26-32,34-37H,8H2,1H3/t9-,15+,17-,19+,20+,21+,22+,24+,26-,27-/m0/s1. The summed E-state index contributed by atoms with van der Waals surface area (Å²) >= 11 is 0. The van der Waals surface area contributed by atoms with E-state index in [2.05, 4.69) is 0 Å². The molecule has 228 valence electrons. The van der Waals surface area contributed by atoms with Crippen LogP contribution in [0.1, 0.15) is 6.92 Å². The summed E-state index contributed by atoms with van der Waals surface area (Å²) in [4.78, 5) is 13.5. The van der Waals surface area contributed by atoms with Gasteiger partial charge in [-0.3, -0.25) is 4.79 Å². The van der Waals surface area contributed by atoms with E-state index in [0.29, 0.717) is 0 Å². The van der Waals surface area contributed by atoms with Crippen LogP contribution in [0.15, 0.2) is 45.6 Å². The normalized spacial score (nSPS) is 33.5. The van der Waals surface area contributed by atoms with E-state index in [4.69, 9.17) is 23.4 Å². The summed E-state index contributed by atoms with van der Waals surface area (Å²) in [6, 6.07) is 7.33. The van der Waals surface area contributed by atoms with E-state index in [1.165, 1.54) is 31.2 Å². The third-order valence-corrected chi connectivity index (χ3v) is 7.20. The molecule has 5 rings (SSSR count). The number of rotatable bonds is 6. The molecule has 3 aromatic rings. The van der Waals surface area contributed by atoms with Gasteiger partial charge in [0.2, 0.25) is 17.5 Å². The average Bonchev–Trinajstić information content (AvgIpc) is 2.95. The van der Waals surface area contributed by atoms with Crippen LogP contribution in [0.3, 0.4) is 0 Å². The number of hydrogen-bond donors (Lipinski definition) is 9. The molecule has 2 aliphatic rings. The zero-order chi connectivity index (χ0) is 30.5. The van der Waals surface area contributed by atoms with Crippen LogP contribution in [-0.2, 0) is 14.2 Å². The molecule has 10 atom stereocenters. The van der Waals surface area contributed by atoms with Crippen molar-refractivity contribution in [3.8, 4) is 34.3 Å². The summed E-state index contributed by atoms with van der Waals surface area (Å²) in [7, 11) is 0. The van der Waals surface area contributed by atoms with E-state index in [1.54, 1.807) is 0 Å². The number of aromatic hydroxyl groups is 3. The number of aliphatic hydroxyl groups is 6. The number of hydrogen-bond acceptors (Lipinski definition) is 15. The molecule has 15 nitrogen and oxygen atoms in total. The Kier molecular flexibility index (Phi) is 8.30. The SMILES string of the molecule is C[C@@H]1O[C@@H](O[C@H]2[C@H](O)[C@@H](O)[C@H](Oc3c(-c4ccc(O)cc4)oc4cc(O)cc(O)c4c3=O)O[C@@H]2CO)[C@H](O)[C@H](O)[C@H]1O. The maximum Gasteiger partial charge on any atom is 0.239 e. The van der Waals surface area contributed by atoms with Gasteiger partial charge < -0.3 is 69.3 Å². The maximum absolute atomic E-state index is 13.5. The molecule has 0 amide bonds. The van der Waals surface area contributed by atoms with Crippen molar-refractivity contribution < 1.29 is 69.3 Å². The molecular weight excluding hydrogens is 564 g/mol. The first kappa shape index (κ1) is 30.0. The molecule has 2 aromatic carbocycles. The lowest BCUT2D eigenvalue weighted by Crippen LogP contribution is -2.64. The molecule has 3 heterocycles. The maximum atomic E-state index is 13.5. The van der Waals surface area contributed by atoms with Gasteiger partial charge in [-0.1, -0.05) is 0 Å². The Labute approximate surface area is 236 Å². The van der Waals surface area contributed by atoms with Gasteiger partial charge in [0.1, 0.15) is 70.9 Å². The fourth-order valence-corrected chi connectivity index (χ4v) is 4.89. The lowest BCUT2D eigenvalue weighted by molar-refractivity contribution is -0.349. The van der Waals surface area contributed by atoms with E-state index in [1.807, 2.05) is 0 Å². The largest absolute Gasteiger partial charge is 0.508 e. The van der Waals surface area contributed by atoms with Crippen LogP contribution in [0, 0.1) is 0 Å². The van der Waals surface area contributed by atoms with Gasteiger partial charge in [-0.05, 0) is 31.2 Å². The molecule has 2 fully saturated rings. The van der Waals surface area contributed by atoms with Crippen LogP contribution < -0.4 is 10.2 Å². The number of benzene rings is 2. The second-order valence-electron chi connectivity index (χ2n) is 10.1. The smallest absolute Gasteiger partial charge is 0.239 e. The Morgan fingerprint density at radius 2 is 1.48 bits per heavy atom. The van der Waals surface area contributed by atoms with Gasteiger partial charge in [-0.2, -0.15) is 0 Å². The van der Waals surface area contributed by atoms with Crippen molar-refractivity contribution in [2.45, 2.75) is 68.3 Å². The summed E-state index contributed by atoms with van der Waals surface area (Å²) in [5.74, 6) is -1.97. The molecule has 0 radical (unpaired) electrons. The Morgan fingerprint density at radius 3 is 2.14 bits per heavy atom. The van der Waals surface area contributed by atoms with Crippen molar-refractivity contribution in [1.82, 2.24) is 0 Å². The third-order valence-electron chi connectivity index (χ3n) is 7.20. The fraction of sp³-hybridized carbons (Fsp3) is 0.444. The van der Waals surface area contributed by atoms with Crippen LogP contribution >= 0.6 is 0 Å². The number of aliphatic hydroxyl groups excluding tert-OH is 6. The van der Waals surface area contributed by atoms with Crippen LogP contribution in [-0.4, -0.2) is 114 Å². The Hall–Kier alpha value is -3.51. The molecule has 15 heteroatoms. The third kappa shape index (κ3) is 5.37. The number of phenols is 3. The highest BCUT2D eigenvalue weighted by Crippen LogP contribution is 2.38. The van der Waals surface area contributed by atoms with Gasteiger partial charge in [0.05, 0.1) is 12.7 Å². The summed E-state index contributed by atoms with van der Waals surface area (Å²) in [6.07, 6.45) is -16.0. The predicted molar refractivity (Wildman–Crippen MR) is 139 cm³/mol. The molecule has 0 unspecified atom stereocenters. The molecule has 2 aliphatic heterocycles. The van der Waals surface area contributed by atoms with Crippen molar-refractivity contribution in [2.24, 2.45) is 0 Å². The first-order valence-electron chi connectivity index (χ1n) is 12.9. The molecule has 0 saturated carbocycles. The molecule has 0 aliphatic carbocycles. The van der Waals surface area contributed by atoms with Crippen LogP contribution in [0.2, 0.25) is 0 Å². The molecule has 9 N–H and O–H groups in total. The molecule has 2 saturated heterocycles. The van der Waals surface area contributed by atoms with Gasteiger partial charge in [0.15, 0.2) is 12.1 Å². The summed E-state index contributed by atoms with van der Waals surface area (Å²) in [6.45, 7) is 0.598. The van der Waals surface area contributed by atoms with E-state index >= 15 is 0 Å². The average molecular weight is 595 g/mol. The monoisotopic (exact) mass is 594 g/mol. The second-order valence-corrected chi connectivity index (χ2v) is 10.1. The highest BCUT2D eigenvalue weighted by Gasteiger charge is 2.51. The van der Waals surface area contributed by atoms with Gasteiger partial charge >= 0.3 is 0 Å². The molecule has 0 bridgehead atoms. The summed E-state index contributed by atoms with van der Waals surface area (Å²) in [5, 5.41) is 91.7. The van der Waals surface area contributed by atoms with Crippen LogP contribution in [0.5, 0.6) is 23.0 Å². The molecule has 42 heavy (non-hydrogen) atoms. The van der Waals surface area contributed by atoms with Gasteiger partial charge in [0, 0.05) is 17.7 Å². The van der Waals surface area contributed by atoms with Crippen molar-refractivity contribution in [1.29, 1.82) is 0 Å². The Morgan fingerprint density at radius 1 is 0.810 bits per heavy atom. The van der Waals surface area contributed by atoms with Crippen molar-refractivity contribution in [3.05, 3.63) is 46.6 Å². The van der Waals surface area contributed by atoms with Gasteiger partial charge in [-0.25, -0.2) is 0 Å². The van der Waals surface area contributed by atoms with Crippen LogP contribution in [0.25, 0.3) is 22.3 Å². The Bertz CT molecular complexity index is 1470. The van der Waals surface area contributed by atoms with Gasteiger partial charge in [0.25, 0.3) is 0 Å². The predicted octanol–water partition coefficient (Wildman–Crippen LogP) is -1.39. The van der Waals surface area contributed by atoms with Crippen molar-refractivity contribution in [2.75, 3.05) is 6.61 Å². The van der Waals surface area contributed by atoms with E-state index in [0.717, 1.165) is 12.1 Å². The van der Waals surface area contributed by atoms with Crippen LogP contribution in [0.4, 0.5) is 0 Å². The number of fused-ring (bicyclic) bond motifs is 1. The minimum absolute atomic E-state index is 0.103. The molecular formula is C27H30O15.